The monoisotopic (exact) mass is 402 g/mol. The Morgan fingerprint density at radius 2 is 2.05 bits per heavy atom. The van der Waals surface area contributed by atoms with E-state index >= 15 is 0 Å². The van der Waals surface area contributed by atoms with E-state index in [2.05, 4.69) is 21.2 Å². The van der Waals surface area contributed by atoms with Crippen LogP contribution < -0.4 is 5.32 Å². The summed E-state index contributed by atoms with van der Waals surface area (Å²) < 4.78 is 27.6. The van der Waals surface area contributed by atoms with Crippen LogP contribution in [0.2, 0.25) is 5.02 Å². The predicted octanol–water partition coefficient (Wildman–Crippen LogP) is 2.90. The van der Waals surface area contributed by atoms with Crippen molar-refractivity contribution in [2.24, 2.45) is 0 Å². The third-order valence-corrected chi connectivity index (χ3v) is 6.42. The zero-order valence-corrected chi connectivity index (χ0v) is 15.1. The first kappa shape index (κ1) is 18.2. The Bertz CT molecular complexity index is 583. The summed E-state index contributed by atoms with van der Waals surface area (Å²) in [4.78, 5) is 0.157. The van der Waals surface area contributed by atoms with Gasteiger partial charge in [-0.25, -0.2) is 8.42 Å². The summed E-state index contributed by atoms with van der Waals surface area (Å²) in [6, 6.07) is 4.89. The maximum absolute atomic E-state index is 12.7. The van der Waals surface area contributed by atoms with Crippen LogP contribution in [0, 0.1) is 0 Å². The Morgan fingerprint density at radius 1 is 1.40 bits per heavy atom. The van der Waals surface area contributed by atoms with Gasteiger partial charge in [-0.1, -0.05) is 27.5 Å². The molecule has 1 N–H and O–H groups in total. The van der Waals surface area contributed by atoms with Crippen molar-refractivity contribution in [1.29, 1.82) is 0 Å². The molecular weight excluding hydrogens is 387 g/mol. The van der Waals surface area contributed by atoms with Gasteiger partial charge < -0.3 is 5.32 Å². The van der Waals surface area contributed by atoms with Crippen LogP contribution in [-0.2, 0) is 10.0 Å². The van der Waals surface area contributed by atoms with E-state index in [0.717, 1.165) is 0 Å². The topological polar surface area (TPSA) is 49.4 Å². The largest absolute Gasteiger partial charge is 0.311 e. The Labute approximate surface area is 139 Å². The van der Waals surface area contributed by atoms with E-state index < -0.39 is 10.0 Å². The predicted molar refractivity (Wildman–Crippen MR) is 87.2 cm³/mol. The van der Waals surface area contributed by atoms with Gasteiger partial charge >= 0.3 is 0 Å². The Balaban J connectivity index is 0.00000200. The Kier molecular flexibility index (Phi) is 6.32. The van der Waals surface area contributed by atoms with E-state index in [0.29, 0.717) is 17.6 Å². The van der Waals surface area contributed by atoms with Crippen molar-refractivity contribution in [2.75, 3.05) is 13.1 Å². The molecule has 0 bridgehead atoms. The number of piperazine rings is 1. The van der Waals surface area contributed by atoms with Crippen molar-refractivity contribution in [3.63, 3.8) is 0 Å². The molecule has 2 rings (SSSR count). The third kappa shape index (κ3) is 3.48. The quantitative estimate of drug-likeness (QED) is 0.825. The summed E-state index contributed by atoms with van der Waals surface area (Å²) in [5.74, 6) is 0. The highest BCUT2D eigenvalue weighted by Crippen LogP contribution is 2.29. The molecule has 1 aliphatic rings. The van der Waals surface area contributed by atoms with E-state index in [1.807, 2.05) is 13.8 Å². The second-order valence-electron chi connectivity index (χ2n) is 4.67. The molecule has 0 aliphatic carbocycles. The summed E-state index contributed by atoms with van der Waals surface area (Å²) in [6.45, 7) is 4.99. The van der Waals surface area contributed by atoms with Crippen molar-refractivity contribution >= 4 is 50.0 Å². The summed E-state index contributed by atoms with van der Waals surface area (Å²) in [7, 11) is -3.57. The molecule has 1 aliphatic heterocycles. The summed E-state index contributed by atoms with van der Waals surface area (Å²) in [6.07, 6.45) is 0. The summed E-state index contributed by atoms with van der Waals surface area (Å²) in [5, 5.41) is 3.51. The van der Waals surface area contributed by atoms with E-state index in [9.17, 15) is 8.42 Å². The molecule has 1 aromatic carbocycles. The number of nitrogens with one attached hydrogen (secondary N) is 1. The molecule has 0 aromatic heterocycles. The highest BCUT2D eigenvalue weighted by Gasteiger charge is 2.35. The molecule has 1 aromatic rings. The molecule has 1 saturated heterocycles. The maximum atomic E-state index is 12.7. The fourth-order valence-electron chi connectivity index (χ4n) is 2.17. The first-order valence-electron chi connectivity index (χ1n) is 6.04. The Morgan fingerprint density at radius 3 is 2.70 bits per heavy atom. The number of halogens is 3. The van der Waals surface area contributed by atoms with Crippen LogP contribution in [0.5, 0.6) is 0 Å². The van der Waals surface area contributed by atoms with Gasteiger partial charge in [-0.05, 0) is 32.0 Å². The number of nitrogens with zero attached hydrogens (tertiary/aromatic N) is 1. The lowest BCUT2D eigenvalue weighted by Crippen LogP contribution is -2.57. The molecule has 0 saturated carbocycles. The molecule has 114 valence electrons. The van der Waals surface area contributed by atoms with Crippen LogP contribution in [0.4, 0.5) is 0 Å². The van der Waals surface area contributed by atoms with Gasteiger partial charge in [0.15, 0.2) is 0 Å². The molecule has 2 atom stereocenters. The molecule has 2 unspecified atom stereocenters. The smallest absolute Gasteiger partial charge is 0.244 e. The van der Waals surface area contributed by atoms with E-state index in [1.54, 1.807) is 18.2 Å². The minimum Gasteiger partial charge on any atom is -0.311 e. The second-order valence-corrected chi connectivity index (χ2v) is 7.86. The van der Waals surface area contributed by atoms with Crippen LogP contribution in [0.15, 0.2) is 27.6 Å². The molecule has 4 nitrogen and oxygen atoms in total. The number of hydrogen-bond donors (Lipinski definition) is 1. The molecule has 1 heterocycles. The van der Waals surface area contributed by atoms with Gasteiger partial charge in [-0.2, -0.15) is 4.31 Å². The highest BCUT2D eigenvalue weighted by molar-refractivity contribution is 9.10. The first-order valence-corrected chi connectivity index (χ1v) is 8.65. The molecule has 20 heavy (non-hydrogen) atoms. The van der Waals surface area contributed by atoms with E-state index in [1.165, 1.54) is 4.31 Å². The number of sulfonamides is 1. The van der Waals surface area contributed by atoms with Crippen molar-refractivity contribution in [2.45, 2.75) is 30.8 Å². The number of hydrogen-bond acceptors (Lipinski definition) is 3. The van der Waals surface area contributed by atoms with E-state index in [4.69, 9.17) is 11.6 Å². The van der Waals surface area contributed by atoms with Gasteiger partial charge in [-0.15, -0.1) is 12.4 Å². The molecular formula is C12H17BrCl2N2O2S. The fourth-order valence-corrected chi connectivity index (χ4v) is 4.88. The second kappa shape index (κ2) is 6.94. The zero-order valence-electron chi connectivity index (χ0n) is 11.1. The van der Waals surface area contributed by atoms with Crippen molar-refractivity contribution in [3.8, 4) is 0 Å². The minimum atomic E-state index is -3.57. The van der Waals surface area contributed by atoms with Crippen LogP contribution in [0.1, 0.15) is 13.8 Å². The van der Waals surface area contributed by atoms with Gasteiger partial charge in [-0.3, -0.25) is 0 Å². The minimum absolute atomic E-state index is 0. The fraction of sp³-hybridized carbons (Fsp3) is 0.500. The zero-order chi connectivity index (χ0) is 14.2. The lowest BCUT2D eigenvalue weighted by molar-refractivity contribution is 0.233. The lowest BCUT2D eigenvalue weighted by Gasteiger charge is -2.37. The lowest BCUT2D eigenvalue weighted by atomic mass is 10.1. The third-order valence-electron chi connectivity index (χ3n) is 3.46. The average molecular weight is 404 g/mol. The first-order chi connectivity index (χ1) is 8.84. The maximum Gasteiger partial charge on any atom is 0.244 e. The molecule has 0 spiro atoms. The number of benzene rings is 1. The van der Waals surface area contributed by atoms with Crippen LogP contribution in [-0.4, -0.2) is 37.9 Å². The van der Waals surface area contributed by atoms with Crippen LogP contribution in [0.25, 0.3) is 0 Å². The molecule has 1 fully saturated rings. The van der Waals surface area contributed by atoms with Gasteiger partial charge in [0.25, 0.3) is 0 Å². The van der Waals surface area contributed by atoms with Crippen molar-refractivity contribution in [1.82, 2.24) is 9.62 Å². The average Bonchev–Trinajstić information content (AvgIpc) is 2.35. The van der Waals surface area contributed by atoms with Crippen LogP contribution >= 0.6 is 39.9 Å². The van der Waals surface area contributed by atoms with Crippen molar-refractivity contribution in [3.05, 3.63) is 27.7 Å². The normalized spacial score (nSPS) is 24.2. The summed E-state index contributed by atoms with van der Waals surface area (Å²) in [5.41, 5.74) is 0. The van der Waals surface area contributed by atoms with Crippen molar-refractivity contribution < 1.29 is 8.42 Å². The van der Waals surface area contributed by atoms with Gasteiger partial charge in [0.05, 0.1) is 5.02 Å². The van der Waals surface area contributed by atoms with E-state index in [-0.39, 0.29) is 34.4 Å². The van der Waals surface area contributed by atoms with Crippen LogP contribution in [0.3, 0.4) is 0 Å². The van der Waals surface area contributed by atoms with Gasteiger partial charge in [0, 0.05) is 29.6 Å². The SMILES string of the molecule is CC1NCCN(S(=O)(=O)c2cc(Br)ccc2Cl)C1C.Cl. The molecule has 8 heteroatoms. The Hall–Kier alpha value is 0.150. The molecule has 0 amide bonds. The number of rotatable bonds is 2. The highest BCUT2D eigenvalue weighted by atomic mass is 79.9. The summed E-state index contributed by atoms with van der Waals surface area (Å²) >= 11 is 9.33. The standard InChI is InChI=1S/C12H16BrClN2O2S.ClH/c1-8-9(2)16(6-5-15-8)19(17,18)12-7-10(13)3-4-11(12)14;/h3-4,7-9,15H,5-6H2,1-2H3;1H. The van der Waals surface area contributed by atoms with Gasteiger partial charge in [0.2, 0.25) is 10.0 Å². The molecule has 0 radical (unpaired) electrons. The van der Waals surface area contributed by atoms with Gasteiger partial charge in [0.1, 0.15) is 4.90 Å².